The monoisotopic (exact) mass is 367 g/mol. The van der Waals surface area contributed by atoms with Gasteiger partial charge in [-0.3, -0.25) is 4.79 Å². The molecule has 1 atom stereocenters. The Kier molecular flexibility index (Phi) is 8.41. The Labute approximate surface area is 152 Å². The second-order valence-electron chi connectivity index (χ2n) is 5.89. The Hall–Kier alpha value is -2.77. The first-order valence-electron chi connectivity index (χ1n) is 8.09. The molecule has 0 aromatic heterocycles. The summed E-state index contributed by atoms with van der Waals surface area (Å²) >= 11 is 0. The Morgan fingerprint density at radius 1 is 1.08 bits per heavy atom. The standard InChI is InChI=1S/C18H25NO7/c1-11(2)9-13(18(22)25-5)19-15(20)10-26-17(21)12-7-6-8-14(23-3)16(12)24-4/h6-8,11,13H,9-10H2,1-5H3,(H,19,20). The lowest BCUT2D eigenvalue weighted by atomic mass is 10.0. The Morgan fingerprint density at radius 3 is 2.31 bits per heavy atom. The molecule has 0 aliphatic rings. The summed E-state index contributed by atoms with van der Waals surface area (Å²) in [4.78, 5) is 36.0. The van der Waals surface area contributed by atoms with Gasteiger partial charge in [-0.1, -0.05) is 19.9 Å². The largest absolute Gasteiger partial charge is 0.493 e. The molecule has 0 radical (unpaired) electrons. The van der Waals surface area contributed by atoms with E-state index in [1.165, 1.54) is 27.4 Å². The lowest BCUT2D eigenvalue weighted by Gasteiger charge is -2.18. The van der Waals surface area contributed by atoms with E-state index in [9.17, 15) is 14.4 Å². The zero-order valence-corrected chi connectivity index (χ0v) is 15.7. The van der Waals surface area contributed by atoms with Crippen LogP contribution in [-0.4, -0.2) is 51.8 Å². The topological polar surface area (TPSA) is 100 Å². The molecule has 1 rings (SSSR count). The maximum Gasteiger partial charge on any atom is 0.342 e. The first kappa shape index (κ1) is 21.3. The number of ether oxygens (including phenoxy) is 4. The van der Waals surface area contributed by atoms with Gasteiger partial charge >= 0.3 is 11.9 Å². The third kappa shape index (κ3) is 5.94. The van der Waals surface area contributed by atoms with Gasteiger partial charge in [-0.05, 0) is 24.5 Å². The van der Waals surface area contributed by atoms with Crippen LogP contribution in [0.15, 0.2) is 18.2 Å². The van der Waals surface area contributed by atoms with Crippen molar-refractivity contribution in [2.75, 3.05) is 27.9 Å². The normalized spacial score (nSPS) is 11.5. The first-order valence-corrected chi connectivity index (χ1v) is 8.09. The van der Waals surface area contributed by atoms with E-state index in [1.54, 1.807) is 12.1 Å². The molecule has 1 amide bonds. The molecule has 0 fully saturated rings. The quantitative estimate of drug-likeness (QED) is 0.661. The van der Waals surface area contributed by atoms with Crippen molar-refractivity contribution in [2.45, 2.75) is 26.3 Å². The van der Waals surface area contributed by atoms with E-state index < -0.39 is 30.5 Å². The van der Waals surface area contributed by atoms with Crippen LogP contribution in [0, 0.1) is 5.92 Å². The predicted molar refractivity (Wildman–Crippen MR) is 93.2 cm³/mol. The fourth-order valence-electron chi connectivity index (χ4n) is 2.32. The number of carbonyl (C=O) groups excluding carboxylic acids is 3. The minimum Gasteiger partial charge on any atom is -0.493 e. The number of hydrogen-bond acceptors (Lipinski definition) is 7. The van der Waals surface area contributed by atoms with E-state index >= 15 is 0 Å². The Bertz CT molecular complexity index is 642. The van der Waals surface area contributed by atoms with Gasteiger partial charge in [0.2, 0.25) is 0 Å². The smallest absolute Gasteiger partial charge is 0.342 e. The highest BCUT2D eigenvalue weighted by molar-refractivity contribution is 5.95. The first-order chi connectivity index (χ1) is 12.3. The molecule has 144 valence electrons. The highest BCUT2D eigenvalue weighted by Crippen LogP contribution is 2.31. The lowest BCUT2D eigenvalue weighted by Crippen LogP contribution is -2.44. The zero-order valence-electron chi connectivity index (χ0n) is 15.7. The average molecular weight is 367 g/mol. The van der Waals surface area contributed by atoms with Crippen LogP contribution in [0.2, 0.25) is 0 Å². The van der Waals surface area contributed by atoms with Crippen LogP contribution >= 0.6 is 0 Å². The average Bonchev–Trinajstić information content (AvgIpc) is 2.63. The number of rotatable bonds is 9. The molecule has 1 aromatic carbocycles. The molecule has 8 heteroatoms. The predicted octanol–water partition coefficient (Wildman–Crippen LogP) is 1.56. The summed E-state index contributed by atoms with van der Waals surface area (Å²) in [7, 11) is 4.09. The van der Waals surface area contributed by atoms with Crippen molar-refractivity contribution in [1.29, 1.82) is 0 Å². The van der Waals surface area contributed by atoms with Gasteiger partial charge in [0, 0.05) is 0 Å². The number of hydrogen-bond donors (Lipinski definition) is 1. The van der Waals surface area contributed by atoms with Gasteiger partial charge in [0.15, 0.2) is 18.1 Å². The van der Waals surface area contributed by atoms with Gasteiger partial charge < -0.3 is 24.3 Å². The van der Waals surface area contributed by atoms with Crippen LogP contribution in [-0.2, 0) is 19.1 Å². The Balaban J connectivity index is 2.72. The molecule has 1 unspecified atom stereocenters. The number of benzene rings is 1. The van der Waals surface area contributed by atoms with Gasteiger partial charge in [-0.25, -0.2) is 9.59 Å². The van der Waals surface area contributed by atoms with Crippen molar-refractivity contribution < 1.29 is 33.3 Å². The highest BCUT2D eigenvalue weighted by atomic mass is 16.5. The number of methoxy groups -OCH3 is 3. The molecule has 0 spiro atoms. The van der Waals surface area contributed by atoms with E-state index in [2.05, 4.69) is 10.1 Å². The fraction of sp³-hybridized carbons (Fsp3) is 0.500. The fourth-order valence-corrected chi connectivity index (χ4v) is 2.32. The minimum absolute atomic E-state index is 0.131. The van der Waals surface area contributed by atoms with Crippen LogP contribution < -0.4 is 14.8 Å². The van der Waals surface area contributed by atoms with Gasteiger partial charge in [-0.15, -0.1) is 0 Å². The van der Waals surface area contributed by atoms with Crippen LogP contribution in [0.1, 0.15) is 30.6 Å². The van der Waals surface area contributed by atoms with Crippen molar-refractivity contribution in [3.05, 3.63) is 23.8 Å². The highest BCUT2D eigenvalue weighted by Gasteiger charge is 2.24. The summed E-state index contributed by atoms with van der Waals surface area (Å²) in [5.41, 5.74) is 0.131. The number of carbonyl (C=O) groups is 3. The molecule has 1 aromatic rings. The Morgan fingerprint density at radius 2 is 1.77 bits per heavy atom. The van der Waals surface area contributed by atoms with Crippen molar-refractivity contribution in [1.82, 2.24) is 5.32 Å². The van der Waals surface area contributed by atoms with Gasteiger partial charge in [0.25, 0.3) is 5.91 Å². The van der Waals surface area contributed by atoms with E-state index in [1.807, 2.05) is 13.8 Å². The van der Waals surface area contributed by atoms with Crippen molar-refractivity contribution >= 4 is 17.8 Å². The molecule has 26 heavy (non-hydrogen) atoms. The van der Waals surface area contributed by atoms with Gasteiger partial charge in [0.05, 0.1) is 21.3 Å². The van der Waals surface area contributed by atoms with Crippen molar-refractivity contribution in [3.63, 3.8) is 0 Å². The molecule has 0 aliphatic carbocycles. The molecule has 0 saturated heterocycles. The molecular weight excluding hydrogens is 342 g/mol. The molecule has 0 bridgehead atoms. The number of amides is 1. The third-order valence-corrected chi connectivity index (χ3v) is 3.49. The van der Waals surface area contributed by atoms with E-state index in [4.69, 9.17) is 14.2 Å². The second-order valence-corrected chi connectivity index (χ2v) is 5.89. The lowest BCUT2D eigenvalue weighted by molar-refractivity contribution is -0.145. The number of para-hydroxylation sites is 1. The van der Waals surface area contributed by atoms with Crippen molar-refractivity contribution in [2.24, 2.45) is 5.92 Å². The zero-order chi connectivity index (χ0) is 19.7. The number of nitrogens with one attached hydrogen (secondary N) is 1. The third-order valence-electron chi connectivity index (χ3n) is 3.49. The van der Waals surface area contributed by atoms with Crippen LogP contribution in [0.4, 0.5) is 0 Å². The van der Waals surface area contributed by atoms with Crippen LogP contribution in [0.25, 0.3) is 0 Å². The SMILES string of the molecule is COC(=O)C(CC(C)C)NC(=O)COC(=O)c1cccc(OC)c1OC. The summed E-state index contributed by atoms with van der Waals surface area (Å²) in [5.74, 6) is -1.14. The van der Waals surface area contributed by atoms with Crippen LogP contribution in [0.3, 0.4) is 0 Å². The minimum atomic E-state index is -0.794. The summed E-state index contributed by atoms with van der Waals surface area (Å²) in [6, 6.07) is 3.94. The van der Waals surface area contributed by atoms with E-state index in [0.29, 0.717) is 12.2 Å². The molecule has 0 heterocycles. The van der Waals surface area contributed by atoms with E-state index in [0.717, 1.165) is 0 Å². The summed E-state index contributed by atoms with van der Waals surface area (Å²) in [6.45, 7) is 3.29. The summed E-state index contributed by atoms with van der Waals surface area (Å²) < 4.78 is 20.0. The maximum atomic E-state index is 12.2. The molecule has 8 nitrogen and oxygen atoms in total. The second kappa shape index (κ2) is 10.3. The number of esters is 2. The molecule has 1 N–H and O–H groups in total. The summed E-state index contributed by atoms with van der Waals surface area (Å²) in [5, 5.41) is 2.51. The molecule has 0 aliphatic heterocycles. The maximum absolute atomic E-state index is 12.2. The van der Waals surface area contributed by atoms with Crippen LogP contribution in [0.5, 0.6) is 11.5 Å². The van der Waals surface area contributed by atoms with Crippen molar-refractivity contribution in [3.8, 4) is 11.5 Å². The molecular formula is C18H25NO7. The summed E-state index contributed by atoms with van der Waals surface area (Å²) in [6.07, 6.45) is 0.413. The van der Waals surface area contributed by atoms with Gasteiger partial charge in [0.1, 0.15) is 11.6 Å². The van der Waals surface area contributed by atoms with Gasteiger partial charge in [-0.2, -0.15) is 0 Å². The molecule has 0 saturated carbocycles. The van der Waals surface area contributed by atoms with E-state index in [-0.39, 0.29) is 17.2 Å².